The van der Waals surface area contributed by atoms with Gasteiger partial charge in [-0.2, -0.15) is 0 Å². The third-order valence-corrected chi connectivity index (χ3v) is 2.55. The Labute approximate surface area is 104 Å². The van der Waals surface area contributed by atoms with Crippen molar-refractivity contribution in [2.75, 3.05) is 25.5 Å². The number of anilines is 1. The Kier molecular flexibility index (Phi) is 4.65. The summed E-state index contributed by atoms with van der Waals surface area (Å²) in [5.41, 5.74) is 0.266. The molecule has 0 bridgehead atoms. The molecule has 1 rings (SSSR count). The topological polar surface area (TPSA) is 69.6 Å². The molecule has 0 saturated carbocycles. The van der Waals surface area contributed by atoms with Crippen molar-refractivity contribution in [3.05, 3.63) is 29.6 Å². The second kappa shape index (κ2) is 6.00. The number of aromatic carboxylic acids is 1. The predicted molar refractivity (Wildman–Crippen MR) is 65.3 cm³/mol. The number of hydrogen-bond acceptors (Lipinski definition) is 3. The highest BCUT2D eigenvalue weighted by molar-refractivity contribution is 5.94. The Morgan fingerprint density at radius 2 is 2.11 bits per heavy atom. The van der Waals surface area contributed by atoms with Gasteiger partial charge in [0.1, 0.15) is 5.82 Å². The number of nitrogens with one attached hydrogen (secondary N) is 1. The molecule has 0 unspecified atom stereocenters. The van der Waals surface area contributed by atoms with E-state index in [1.807, 2.05) is 0 Å². The fraction of sp³-hybridized carbons (Fsp3) is 0.333. The Hall–Kier alpha value is -2.11. The van der Waals surface area contributed by atoms with Crippen molar-refractivity contribution < 1.29 is 19.1 Å². The van der Waals surface area contributed by atoms with Crippen LogP contribution in [0.5, 0.6) is 0 Å². The lowest BCUT2D eigenvalue weighted by molar-refractivity contribution is -0.120. The van der Waals surface area contributed by atoms with Crippen LogP contribution < -0.4 is 10.2 Å². The number of halogens is 1. The monoisotopic (exact) mass is 254 g/mol. The summed E-state index contributed by atoms with van der Waals surface area (Å²) in [5.74, 6) is -1.94. The molecule has 0 spiro atoms. The molecule has 18 heavy (non-hydrogen) atoms. The summed E-state index contributed by atoms with van der Waals surface area (Å²) in [6, 6.07) is 3.55. The Balaban J connectivity index is 2.88. The van der Waals surface area contributed by atoms with Crippen LogP contribution in [0.3, 0.4) is 0 Å². The molecule has 6 heteroatoms. The van der Waals surface area contributed by atoms with E-state index in [2.05, 4.69) is 5.32 Å². The molecule has 0 aliphatic heterocycles. The van der Waals surface area contributed by atoms with Crippen LogP contribution in [0.15, 0.2) is 18.2 Å². The zero-order valence-corrected chi connectivity index (χ0v) is 10.2. The summed E-state index contributed by atoms with van der Waals surface area (Å²) in [5, 5.41) is 11.5. The molecule has 98 valence electrons. The summed E-state index contributed by atoms with van der Waals surface area (Å²) in [7, 11) is 3.19. The number of carbonyl (C=O) groups excluding carboxylic acids is 1. The molecule has 5 nitrogen and oxygen atoms in total. The van der Waals surface area contributed by atoms with Gasteiger partial charge < -0.3 is 15.3 Å². The molecular weight excluding hydrogens is 239 g/mol. The van der Waals surface area contributed by atoms with Gasteiger partial charge >= 0.3 is 5.97 Å². The van der Waals surface area contributed by atoms with Gasteiger partial charge in [0.25, 0.3) is 0 Å². The maximum Gasteiger partial charge on any atom is 0.337 e. The van der Waals surface area contributed by atoms with Gasteiger partial charge in [0.2, 0.25) is 5.91 Å². The molecule has 1 aromatic rings. The second-order valence-corrected chi connectivity index (χ2v) is 3.81. The summed E-state index contributed by atoms with van der Waals surface area (Å²) in [6.07, 6.45) is 0.240. The Morgan fingerprint density at radius 3 is 2.67 bits per heavy atom. The molecule has 0 radical (unpaired) electrons. The highest BCUT2D eigenvalue weighted by Gasteiger charge is 2.15. The lowest BCUT2D eigenvalue weighted by Gasteiger charge is -2.20. The number of carbonyl (C=O) groups is 2. The van der Waals surface area contributed by atoms with Gasteiger partial charge in [0.15, 0.2) is 0 Å². The molecule has 0 atom stereocenters. The first-order valence-corrected chi connectivity index (χ1v) is 5.40. The molecule has 0 aliphatic carbocycles. The van der Waals surface area contributed by atoms with E-state index in [0.717, 1.165) is 6.07 Å². The summed E-state index contributed by atoms with van der Waals surface area (Å²) >= 11 is 0. The van der Waals surface area contributed by atoms with Crippen molar-refractivity contribution >= 4 is 17.6 Å². The Bertz CT molecular complexity index is 463. The lowest BCUT2D eigenvalue weighted by atomic mass is 10.1. The molecule has 2 N–H and O–H groups in total. The van der Waals surface area contributed by atoms with Crippen molar-refractivity contribution in [3.8, 4) is 0 Å². The maximum atomic E-state index is 13.0. The average Bonchev–Trinajstić information content (AvgIpc) is 2.35. The molecule has 0 fully saturated rings. The standard InChI is InChI=1S/C12H15FN2O3/c1-14-11(16)5-6-15(2)10-4-3-8(13)7-9(10)12(17)18/h3-4,7H,5-6H2,1-2H3,(H,14,16)(H,17,18). The van der Waals surface area contributed by atoms with E-state index in [9.17, 15) is 14.0 Å². The van der Waals surface area contributed by atoms with E-state index in [-0.39, 0.29) is 17.9 Å². The van der Waals surface area contributed by atoms with Crippen molar-refractivity contribution in [1.29, 1.82) is 0 Å². The fourth-order valence-electron chi connectivity index (χ4n) is 1.53. The van der Waals surface area contributed by atoms with Crippen LogP contribution in [-0.4, -0.2) is 37.6 Å². The minimum Gasteiger partial charge on any atom is -0.478 e. The van der Waals surface area contributed by atoms with Gasteiger partial charge in [0, 0.05) is 27.1 Å². The second-order valence-electron chi connectivity index (χ2n) is 3.81. The van der Waals surface area contributed by atoms with E-state index in [1.54, 1.807) is 11.9 Å². The van der Waals surface area contributed by atoms with Crippen molar-refractivity contribution in [2.24, 2.45) is 0 Å². The third-order valence-electron chi connectivity index (χ3n) is 2.55. The van der Waals surface area contributed by atoms with E-state index >= 15 is 0 Å². The van der Waals surface area contributed by atoms with Crippen LogP contribution in [0.4, 0.5) is 10.1 Å². The number of amides is 1. The van der Waals surface area contributed by atoms with E-state index in [1.165, 1.54) is 19.2 Å². The SMILES string of the molecule is CNC(=O)CCN(C)c1ccc(F)cc1C(=O)O. The first kappa shape index (κ1) is 14.0. The van der Waals surface area contributed by atoms with E-state index < -0.39 is 11.8 Å². The first-order valence-electron chi connectivity index (χ1n) is 5.40. The van der Waals surface area contributed by atoms with Gasteiger partial charge in [-0.25, -0.2) is 9.18 Å². The number of carboxylic acids is 1. The summed E-state index contributed by atoms with van der Waals surface area (Å²) in [4.78, 5) is 23.7. The summed E-state index contributed by atoms with van der Waals surface area (Å²) in [6.45, 7) is 0.353. The largest absolute Gasteiger partial charge is 0.478 e. The fourth-order valence-corrected chi connectivity index (χ4v) is 1.53. The van der Waals surface area contributed by atoms with Crippen molar-refractivity contribution in [2.45, 2.75) is 6.42 Å². The highest BCUT2D eigenvalue weighted by atomic mass is 19.1. The first-order chi connectivity index (χ1) is 8.45. The minimum atomic E-state index is -1.20. The number of carboxylic acid groups (broad SMARTS) is 1. The van der Waals surface area contributed by atoms with Gasteiger partial charge in [-0.1, -0.05) is 0 Å². The van der Waals surface area contributed by atoms with Crippen LogP contribution in [0.1, 0.15) is 16.8 Å². The highest BCUT2D eigenvalue weighted by Crippen LogP contribution is 2.20. The predicted octanol–water partition coefficient (Wildman–Crippen LogP) is 1.10. The van der Waals surface area contributed by atoms with E-state index in [0.29, 0.717) is 12.2 Å². The van der Waals surface area contributed by atoms with Gasteiger partial charge in [0.05, 0.1) is 11.3 Å². The number of hydrogen-bond donors (Lipinski definition) is 2. The third kappa shape index (κ3) is 3.44. The number of rotatable bonds is 5. The van der Waals surface area contributed by atoms with Gasteiger partial charge in [-0.05, 0) is 18.2 Å². The molecule has 0 aliphatic rings. The zero-order valence-electron chi connectivity index (χ0n) is 10.2. The van der Waals surface area contributed by atoms with Gasteiger partial charge in [-0.3, -0.25) is 4.79 Å². The van der Waals surface area contributed by atoms with Gasteiger partial charge in [-0.15, -0.1) is 0 Å². The quantitative estimate of drug-likeness (QED) is 0.825. The molecule has 0 heterocycles. The van der Waals surface area contributed by atoms with E-state index in [4.69, 9.17) is 5.11 Å². The maximum absolute atomic E-state index is 13.0. The molecule has 1 amide bonds. The lowest BCUT2D eigenvalue weighted by Crippen LogP contribution is -2.27. The zero-order chi connectivity index (χ0) is 13.7. The molecule has 0 aromatic heterocycles. The van der Waals surface area contributed by atoms with Crippen molar-refractivity contribution in [3.63, 3.8) is 0 Å². The van der Waals surface area contributed by atoms with Crippen LogP contribution in [0.25, 0.3) is 0 Å². The average molecular weight is 254 g/mol. The molecule has 1 aromatic carbocycles. The normalized spacial score (nSPS) is 9.94. The van der Waals surface area contributed by atoms with Crippen LogP contribution in [0.2, 0.25) is 0 Å². The van der Waals surface area contributed by atoms with Crippen LogP contribution in [-0.2, 0) is 4.79 Å². The van der Waals surface area contributed by atoms with Crippen LogP contribution in [0, 0.1) is 5.82 Å². The number of benzene rings is 1. The molecule has 0 saturated heterocycles. The Morgan fingerprint density at radius 1 is 1.44 bits per heavy atom. The number of nitrogens with zero attached hydrogens (tertiary/aromatic N) is 1. The van der Waals surface area contributed by atoms with Crippen LogP contribution >= 0.6 is 0 Å². The minimum absolute atomic E-state index is 0.116. The molecular formula is C12H15FN2O3. The summed E-state index contributed by atoms with van der Waals surface area (Å²) < 4.78 is 13.0. The van der Waals surface area contributed by atoms with Crippen molar-refractivity contribution in [1.82, 2.24) is 5.32 Å². The smallest absolute Gasteiger partial charge is 0.337 e.